The monoisotopic (exact) mass is 338 g/mol. The van der Waals surface area contributed by atoms with Gasteiger partial charge in [0.25, 0.3) is 0 Å². The van der Waals surface area contributed by atoms with E-state index in [1.165, 1.54) is 6.33 Å². The molecule has 3 rings (SSSR count). The van der Waals surface area contributed by atoms with Crippen LogP contribution in [0.3, 0.4) is 0 Å². The summed E-state index contributed by atoms with van der Waals surface area (Å²) < 4.78 is 10.7. The van der Waals surface area contributed by atoms with Crippen LogP contribution in [-0.2, 0) is 6.42 Å². The van der Waals surface area contributed by atoms with E-state index in [2.05, 4.69) is 28.2 Å². The molecule has 0 fully saturated rings. The van der Waals surface area contributed by atoms with Crippen molar-refractivity contribution in [3.05, 3.63) is 60.2 Å². The van der Waals surface area contributed by atoms with Crippen LogP contribution in [0.25, 0.3) is 10.8 Å². The Morgan fingerprint density at radius 3 is 2.36 bits per heavy atom. The van der Waals surface area contributed by atoms with Crippen molar-refractivity contribution in [3.8, 4) is 11.5 Å². The van der Waals surface area contributed by atoms with Crippen LogP contribution in [0.2, 0.25) is 0 Å². The van der Waals surface area contributed by atoms with E-state index < -0.39 is 6.10 Å². The van der Waals surface area contributed by atoms with E-state index in [1.807, 2.05) is 19.1 Å². The minimum atomic E-state index is -0.621. The molecule has 0 radical (unpaired) electrons. The van der Waals surface area contributed by atoms with E-state index in [0.717, 1.165) is 28.5 Å². The number of nitrogens with zero attached hydrogens (tertiary/aromatic N) is 2. The Bertz CT molecular complexity index is 852. The molecule has 2 aromatic carbocycles. The highest BCUT2D eigenvalue weighted by Gasteiger charge is 2.18. The fourth-order valence-corrected chi connectivity index (χ4v) is 3.00. The molecule has 3 aromatic rings. The van der Waals surface area contributed by atoms with Gasteiger partial charge in [-0.1, -0.05) is 25.1 Å². The molecule has 25 heavy (non-hydrogen) atoms. The third kappa shape index (κ3) is 3.72. The zero-order chi connectivity index (χ0) is 17.8. The third-order valence-corrected chi connectivity index (χ3v) is 4.41. The summed E-state index contributed by atoms with van der Waals surface area (Å²) in [7, 11) is 3.27. The smallest absolute Gasteiger partial charge is 0.161 e. The summed E-state index contributed by atoms with van der Waals surface area (Å²) >= 11 is 0. The maximum absolute atomic E-state index is 10.5. The summed E-state index contributed by atoms with van der Waals surface area (Å²) in [6, 6.07) is 12.0. The SMILES string of the molecule is COc1cc2ccc(CC(C)C(O)c3ccncn3)cc2cc1OC. The predicted molar refractivity (Wildman–Crippen MR) is 96.9 cm³/mol. The van der Waals surface area contributed by atoms with Crippen LogP contribution in [0.5, 0.6) is 11.5 Å². The van der Waals surface area contributed by atoms with Crippen LogP contribution in [0.1, 0.15) is 24.3 Å². The van der Waals surface area contributed by atoms with Gasteiger partial charge in [0, 0.05) is 6.20 Å². The first-order chi connectivity index (χ1) is 12.1. The van der Waals surface area contributed by atoms with Crippen LogP contribution in [-0.4, -0.2) is 29.3 Å². The molecule has 1 heterocycles. The molecule has 0 spiro atoms. The van der Waals surface area contributed by atoms with E-state index in [4.69, 9.17) is 9.47 Å². The molecule has 0 bridgehead atoms. The van der Waals surface area contributed by atoms with Gasteiger partial charge in [-0.05, 0) is 46.9 Å². The second-order valence-electron chi connectivity index (χ2n) is 6.15. The first-order valence-electron chi connectivity index (χ1n) is 8.21. The quantitative estimate of drug-likeness (QED) is 0.744. The number of aliphatic hydroxyl groups excluding tert-OH is 1. The van der Waals surface area contributed by atoms with Gasteiger partial charge in [-0.25, -0.2) is 9.97 Å². The van der Waals surface area contributed by atoms with Crippen molar-refractivity contribution in [1.82, 2.24) is 9.97 Å². The number of hydrogen-bond acceptors (Lipinski definition) is 5. The maximum Gasteiger partial charge on any atom is 0.161 e. The van der Waals surface area contributed by atoms with Gasteiger partial charge in [0.2, 0.25) is 0 Å². The third-order valence-electron chi connectivity index (χ3n) is 4.41. The molecule has 0 aliphatic heterocycles. The number of aliphatic hydroxyl groups is 1. The summed E-state index contributed by atoms with van der Waals surface area (Å²) in [6.07, 6.45) is 3.23. The summed E-state index contributed by atoms with van der Waals surface area (Å²) in [6.45, 7) is 2.02. The topological polar surface area (TPSA) is 64.5 Å². The summed E-state index contributed by atoms with van der Waals surface area (Å²) in [5, 5.41) is 12.7. The number of aromatic nitrogens is 2. The summed E-state index contributed by atoms with van der Waals surface area (Å²) in [5.74, 6) is 1.46. The number of hydrogen-bond donors (Lipinski definition) is 1. The first kappa shape index (κ1) is 17.2. The van der Waals surface area contributed by atoms with Gasteiger partial charge >= 0.3 is 0 Å². The molecule has 2 unspecified atom stereocenters. The summed E-state index contributed by atoms with van der Waals surface area (Å²) in [4.78, 5) is 8.03. The average Bonchev–Trinajstić information content (AvgIpc) is 2.66. The molecule has 0 aliphatic rings. The fourth-order valence-electron chi connectivity index (χ4n) is 3.00. The van der Waals surface area contributed by atoms with Crippen molar-refractivity contribution in [2.75, 3.05) is 14.2 Å². The van der Waals surface area contributed by atoms with Crippen molar-refractivity contribution in [2.45, 2.75) is 19.4 Å². The molecule has 5 heteroatoms. The normalized spacial score (nSPS) is 13.4. The number of ether oxygens (including phenoxy) is 2. The van der Waals surface area contributed by atoms with Gasteiger partial charge in [-0.2, -0.15) is 0 Å². The minimum absolute atomic E-state index is 0.0347. The zero-order valence-corrected chi connectivity index (χ0v) is 14.6. The Kier molecular flexibility index (Phi) is 5.14. The number of methoxy groups -OCH3 is 2. The Labute approximate surface area is 147 Å². The van der Waals surface area contributed by atoms with Crippen molar-refractivity contribution in [1.29, 1.82) is 0 Å². The highest BCUT2D eigenvalue weighted by atomic mass is 16.5. The van der Waals surface area contributed by atoms with E-state index >= 15 is 0 Å². The molecule has 1 aromatic heterocycles. The summed E-state index contributed by atoms with van der Waals surface area (Å²) in [5.41, 5.74) is 1.80. The zero-order valence-electron chi connectivity index (χ0n) is 14.6. The lowest BCUT2D eigenvalue weighted by molar-refractivity contribution is 0.113. The van der Waals surface area contributed by atoms with Crippen LogP contribution in [0.4, 0.5) is 0 Å². The second-order valence-corrected chi connectivity index (χ2v) is 6.15. The van der Waals surface area contributed by atoms with Crippen molar-refractivity contribution < 1.29 is 14.6 Å². The molecular weight excluding hydrogens is 316 g/mol. The average molecular weight is 338 g/mol. The fraction of sp³-hybridized carbons (Fsp3) is 0.300. The Hall–Kier alpha value is -2.66. The van der Waals surface area contributed by atoms with Gasteiger partial charge in [0.1, 0.15) is 6.33 Å². The molecular formula is C20H22N2O3. The standard InChI is InChI=1S/C20H22N2O3/c1-13(20(23)17-6-7-21-12-22-17)8-14-4-5-15-10-18(24-2)19(25-3)11-16(15)9-14/h4-7,9-13,20,23H,8H2,1-3H3. The van der Waals surface area contributed by atoms with Crippen molar-refractivity contribution >= 4 is 10.8 Å². The first-order valence-corrected chi connectivity index (χ1v) is 8.21. The van der Waals surface area contributed by atoms with E-state index in [0.29, 0.717) is 11.4 Å². The van der Waals surface area contributed by atoms with Crippen LogP contribution < -0.4 is 9.47 Å². The Balaban J connectivity index is 1.84. The van der Waals surface area contributed by atoms with E-state index in [9.17, 15) is 5.11 Å². The maximum atomic E-state index is 10.5. The lowest BCUT2D eigenvalue weighted by Crippen LogP contribution is -2.13. The van der Waals surface area contributed by atoms with Crippen molar-refractivity contribution in [3.63, 3.8) is 0 Å². The van der Waals surface area contributed by atoms with Crippen LogP contribution in [0, 0.1) is 5.92 Å². The second kappa shape index (κ2) is 7.49. The Morgan fingerprint density at radius 2 is 1.72 bits per heavy atom. The molecule has 130 valence electrons. The van der Waals surface area contributed by atoms with Gasteiger partial charge in [-0.3, -0.25) is 0 Å². The highest BCUT2D eigenvalue weighted by Crippen LogP contribution is 2.33. The molecule has 2 atom stereocenters. The predicted octanol–water partition coefficient (Wildman–Crippen LogP) is 3.56. The van der Waals surface area contributed by atoms with Crippen molar-refractivity contribution in [2.24, 2.45) is 5.92 Å². The van der Waals surface area contributed by atoms with Gasteiger partial charge in [0.05, 0.1) is 26.0 Å². The van der Waals surface area contributed by atoms with Gasteiger partial charge < -0.3 is 14.6 Å². The number of fused-ring (bicyclic) bond motifs is 1. The van der Waals surface area contributed by atoms with E-state index in [1.54, 1.807) is 26.5 Å². The van der Waals surface area contributed by atoms with E-state index in [-0.39, 0.29) is 5.92 Å². The van der Waals surface area contributed by atoms with Gasteiger partial charge in [-0.15, -0.1) is 0 Å². The Morgan fingerprint density at radius 1 is 1.00 bits per heavy atom. The number of benzene rings is 2. The molecule has 0 aliphatic carbocycles. The van der Waals surface area contributed by atoms with Gasteiger partial charge in [0.15, 0.2) is 11.5 Å². The highest BCUT2D eigenvalue weighted by molar-refractivity contribution is 5.86. The lowest BCUT2D eigenvalue weighted by Gasteiger charge is -2.18. The lowest BCUT2D eigenvalue weighted by atomic mass is 9.92. The minimum Gasteiger partial charge on any atom is -0.493 e. The molecule has 0 saturated carbocycles. The van der Waals surface area contributed by atoms with Crippen LogP contribution in [0.15, 0.2) is 48.9 Å². The molecule has 5 nitrogen and oxygen atoms in total. The van der Waals surface area contributed by atoms with Crippen LogP contribution >= 0.6 is 0 Å². The number of rotatable bonds is 6. The largest absolute Gasteiger partial charge is 0.493 e. The molecule has 0 amide bonds. The molecule has 0 saturated heterocycles. The molecule has 1 N–H and O–H groups in total.